The summed E-state index contributed by atoms with van der Waals surface area (Å²) < 4.78 is 4.82. The van der Waals surface area contributed by atoms with Crippen molar-refractivity contribution in [3.63, 3.8) is 0 Å². The van der Waals surface area contributed by atoms with Crippen molar-refractivity contribution in [2.45, 2.75) is 26.2 Å². The van der Waals surface area contributed by atoms with Crippen molar-refractivity contribution >= 4 is 46.7 Å². The molecule has 21 heavy (non-hydrogen) atoms. The number of amides is 1. The largest absolute Gasteiger partial charge is 0.451 e. The molecule has 0 spiro atoms. The summed E-state index contributed by atoms with van der Waals surface area (Å²) in [7, 11) is 0. The average Bonchev–Trinajstić information content (AvgIpc) is 2.47. The van der Waals surface area contributed by atoms with Gasteiger partial charge in [-0.05, 0) is 6.42 Å². The molecule has 0 unspecified atom stereocenters. The first-order chi connectivity index (χ1) is 9.97. The minimum atomic E-state index is -0.831. The fraction of sp³-hybridized carbons (Fsp3) is 0.462. The van der Waals surface area contributed by atoms with Gasteiger partial charge in [-0.3, -0.25) is 4.79 Å². The van der Waals surface area contributed by atoms with Crippen LogP contribution in [-0.4, -0.2) is 30.0 Å². The predicted octanol–water partition coefficient (Wildman–Crippen LogP) is 3.51. The first-order valence-corrected chi connectivity index (χ1v) is 7.54. The normalized spacial score (nSPS) is 10.3. The van der Waals surface area contributed by atoms with E-state index in [2.05, 4.69) is 17.2 Å². The lowest BCUT2D eigenvalue weighted by Gasteiger charge is -2.07. The summed E-state index contributed by atoms with van der Waals surface area (Å²) in [6, 6.07) is 0. The van der Waals surface area contributed by atoms with Crippen LogP contribution in [0.1, 0.15) is 36.7 Å². The Morgan fingerprint density at radius 2 is 1.95 bits per heavy atom. The molecule has 0 bridgehead atoms. The van der Waals surface area contributed by atoms with Gasteiger partial charge >= 0.3 is 5.97 Å². The number of carbonyl (C=O) groups is 2. The van der Waals surface area contributed by atoms with Gasteiger partial charge in [0.2, 0.25) is 0 Å². The summed E-state index contributed by atoms with van der Waals surface area (Å²) in [4.78, 5) is 27.0. The molecule has 8 heteroatoms. The van der Waals surface area contributed by atoms with E-state index in [1.165, 1.54) is 6.20 Å². The highest BCUT2D eigenvalue weighted by Crippen LogP contribution is 2.31. The van der Waals surface area contributed by atoms with E-state index in [-0.39, 0.29) is 26.7 Å². The molecule has 0 radical (unpaired) electrons. The average molecular weight is 354 g/mol. The van der Waals surface area contributed by atoms with E-state index in [1.807, 2.05) is 0 Å². The van der Waals surface area contributed by atoms with Crippen LogP contribution in [0.4, 0.5) is 0 Å². The minimum Gasteiger partial charge on any atom is -0.451 e. The van der Waals surface area contributed by atoms with E-state index in [1.54, 1.807) is 0 Å². The Labute approximate surface area is 137 Å². The van der Waals surface area contributed by atoms with E-state index < -0.39 is 12.6 Å². The van der Waals surface area contributed by atoms with Gasteiger partial charge in [-0.2, -0.15) is 0 Å². The number of halogens is 3. The number of nitrogens with one attached hydrogen (secondary N) is 1. The number of pyridine rings is 1. The molecule has 0 aliphatic heterocycles. The fourth-order valence-corrected chi connectivity index (χ4v) is 2.00. The molecule has 0 aliphatic carbocycles. The SMILES string of the molecule is CCCCCNC(=O)COC(=O)c1ncc(Cl)c(Cl)c1Cl. The van der Waals surface area contributed by atoms with Gasteiger partial charge in [0, 0.05) is 12.7 Å². The van der Waals surface area contributed by atoms with Crippen LogP contribution in [0.25, 0.3) is 0 Å². The number of aromatic nitrogens is 1. The van der Waals surface area contributed by atoms with E-state index in [0.717, 1.165) is 19.3 Å². The van der Waals surface area contributed by atoms with Crippen LogP contribution in [-0.2, 0) is 9.53 Å². The molecular formula is C13H15Cl3N2O3. The van der Waals surface area contributed by atoms with Gasteiger partial charge in [0.05, 0.1) is 15.1 Å². The standard InChI is InChI=1S/C13H15Cl3N2O3/c1-2-3-4-5-17-9(19)7-21-13(20)12-11(16)10(15)8(14)6-18-12/h6H,2-5,7H2,1H3,(H,17,19). The molecule has 1 aromatic rings. The lowest BCUT2D eigenvalue weighted by atomic mass is 10.2. The molecule has 1 heterocycles. The molecule has 116 valence electrons. The Balaban J connectivity index is 2.47. The lowest BCUT2D eigenvalue weighted by Crippen LogP contribution is -2.29. The highest BCUT2D eigenvalue weighted by molar-refractivity contribution is 6.48. The highest BCUT2D eigenvalue weighted by atomic mass is 35.5. The topological polar surface area (TPSA) is 68.3 Å². The maximum absolute atomic E-state index is 11.8. The summed E-state index contributed by atoms with van der Waals surface area (Å²) in [5.41, 5.74) is -0.176. The fourth-order valence-electron chi connectivity index (χ4n) is 1.44. The lowest BCUT2D eigenvalue weighted by molar-refractivity contribution is -0.124. The van der Waals surface area contributed by atoms with Gasteiger partial charge in [0.25, 0.3) is 5.91 Å². The first kappa shape index (κ1) is 18.0. The molecule has 1 amide bonds. The number of ether oxygens (including phenoxy) is 1. The number of hydrogen-bond acceptors (Lipinski definition) is 4. The molecule has 0 atom stereocenters. The van der Waals surface area contributed by atoms with Crippen LogP contribution in [0.3, 0.4) is 0 Å². The third-order valence-electron chi connectivity index (χ3n) is 2.55. The molecule has 1 rings (SSSR count). The van der Waals surface area contributed by atoms with Crippen molar-refractivity contribution < 1.29 is 14.3 Å². The third-order valence-corrected chi connectivity index (χ3v) is 3.79. The van der Waals surface area contributed by atoms with Crippen LogP contribution in [0.2, 0.25) is 15.1 Å². The van der Waals surface area contributed by atoms with Crippen molar-refractivity contribution in [3.8, 4) is 0 Å². The zero-order chi connectivity index (χ0) is 15.8. The molecule has 0 saturated carbocycles. The minimum absolute atomic E-state index is 0.0179. The molecule has 5 nitrogen and oxygen atoms in total. The van der Waals surface area contributed by atoms with Gasteiger partial charge in [0.1, 0.15) is 0 Å². The van der Waals surface area contributed by atoms with Gasteiger partial charge in [0.15, 0.2) is 12.3 Å². The van der Waals surface area contributed by atoms with Crippen LogP contribution in [0, 0.1) is 0 Å². The Kier molecular flexibility index (Phi) is 7.78. The van der Waals surface area contributed by atoms with E-state index in [4.69, 9.17) is 39.5 Å². The number of esters is 1. The summed E-state index contributed by atoms with van der Waals surface area (Å²) in [5.74, 6) is -1.21. The number of rotatable bonds is 7. The van der Waals surface area contributed by atoms with E-state index >= 15 is 0 Å². The second-order valence-corrected chi connectivity index (χ2v) is 5.38. The van der Waals surface area contributed by atoms with Gasteiger partial charge in [-0.25, -0.2) is 9.78 Å². The van der Waals surface area contributed by atoms with Gasteiger partial charge in [-0.1, -0.05) is 54.6 Å². The van der Waals surface area contributed by atoms with Crippen molar-refractivity contribution in [1.29, 1.82) is 0 Å². The van der Waals surface area contributed by atoms with Gasteiger partial charge < -0.3 is 10.1 Å². The van der Waals surface area contributed by atoms with Crippen LogP contribution >= 0.6 is 34.8 Å². The quantitative estimate of drug-likeness (QED) is 0.601. The summed E-state index contributed by atoms with van der Waals surface area (Å²) in [5, 5.41) is 2.69. The van der Waals surface area contributed by atoms with E-state index in [9.17, 15) is 9.59 Å². The Morgan fingerprint density at radius 1 is 1.24 bits per heavy atom. The molecule has 1 aromatic heterocycles. The molecule has 0 saturated heterocycles. The first-order valence-electron chi connectivity index (χ1n) is 6.40. The second-order valence-electron chi connectivity index (χ2n) is 4.22. The molecule has 0 aromatic carbocycles. The molecule has 0 aliphatic rings. The van der Waals surface area contributed by atoms with Gasteiger partial charge in [-0.15, -0.1) is 0 Å². The number of carbonyl (C=O) groups excluding carboxylic acids is 2. The van der Waals surface area contributed by atoms with Crippen LogP contribution in [0.5, 0.6) is 0 Å². The number of unbranched alkanes of at least 4 members (excludes halogenated alkanes) is 2. The molecule has 0 fully saturated rings. The van der Waals surface area contributed by atoms with Crippen molar-refractivity contribution in [1.82, 2.24) is 10.3 Å². The van der Waals surface area contributed by atoms with Crippen molar-refractivity contribution in [2.75, 3.05) is 13.2 Å². The van der Waals surface area contributed by atoms with Crippen LogP contribution < -0.4 is 5.32 Å². The molecular weight excluding hydrogens is 339 g/mol. The Morgan fingerprint density at radius 3 is 2.62 bits per heavy atom. The third kappa shape index (κ3) is 5.69. The Bertz CT molecular complexity index is 524. The predicted molar refractivity (Wildman–Crippen MR) is 82.1 cm³/mol. The smallest absolute Gasteiger partial charge is 0.359 e. The maximum Gasteiger partial charge on any atom is 0.359 e. The van der Waals surface area contributed by atoms with Crippen molar-refractivity contribution in [3.05, 3.63) is 27.0 Å². The second kappa shape index (κ2) is 9.07. The maximum atomic E-state index is 11.8. The zero-order valence-electron chi connectivity index (χ0n) is 11.4. The van der Waals surface area contributed by atoms with Crippen molar-refractivity contribution in [2.24, 2.45) is 0 Å². The molecule has 1 N–H and O–H groups in total. The highest BCUT2D eigenvalue weighted by Gasteiger charge is 2.19. The zero-order valence-corrected chi connectivity index (χ0v) is 13.7. The van der Waals surface area contributed by atoms with E-state index in [0.29, 0.717) is 6.54 Å². The Hall–Kier alpha value is -1.04. The summed E-state index contributed by atoms with van der Waals surface area (Å²) >= 11 is 17.3. The summed E-state index contributed by atoms with van der Waals surface area (Å²) in [6.07, 6.45) is 4.17. The van der Waals surface area contributed by atoms with Crippen LogP contribution in [0.15, 0.2) is 6.20 Å². The number of nitrogens with zero attached hydrogens (tertiary/aromatic N) is 1. The summed E-state index contributed by atoms with van der Waals surface area (Å²) in [6.45, 7) is 2.22. The monoisotopic (exact) mass is 352 g/mol. The number of hydrogen-bond donors (Lipinski definition) is 1.